The fraction of sp³-hybridized carbons (Fsp3) is 0.455. The van der Waals surface area contributed by atoms with Crippen LogP contribution in [-0.4, -0.2) is 13.9 Å². The zero-order valence-corrected chi connectivity index (χ0v) is 9.46. The first kappa shape index (κ1) is 11.0. The average Bonchev–Trinajstić information content (AvgIpc) is 2.61. The van der Waals surface area contributed by atoms with E-state index in [0.29, 0.717) is 11.5 Å². The molecular formula is C11H14FNO3. The second-order valence-electron chi connectivity index (χ2n) is 4.22. The third-order valence-electron chi connectivity index (χ3n) is 2.43. The fourth-order valence-corrected chi connectivity index (χ4v) is 1.72. The van der Waals surface area contributed by atoms with E-state index in [9.17, 15) is 4.39 Å². The minimum absolute atomic E-state index is 0.0744. The molecule has 2 N–H and O–H groups in total. The van der Waals surface area contributed by atoms with E-state index in [4.69, 9.17) is 19.9 Å². The van der Waals surface area contributed by atoms with E-state index in [0.717, 1.165) is 0 Å². The van der Waals surface area contributed by atoms with Crippen LogP contribution in [-0.2, 0) is 5.54 Å². The third kappa shape index (κ3) is 1.57. The molecule has 1 heterocycles. The summed E-state index contributed by atoms with van der Waals surface area (Å²) in [4.78, 5) is 0. The first-order valence-electron chi connectivity index (χ1n) is 4.90. The molecule has 5 heteroatoms. The Kier molecular flexibility index (Phi) is 2.42. The van der Waals surface area contributed by atoms with Gasteiger partial charge in [0.1, 0.15) is 0 Å². The quantitative estimate of drug-likeness (QED) is 0.836. The second-order valence-corrected chi connectivity index (χ2v) is 4.22. The second kappa shape index (κ2) is 3.52. The first-order valence-corrected chi connectivity index (χ1v) is 4.90. The van der Waals surface area contributed by atoms with Gasteiger partial charge in [-0.05, 0) is 13.8 Å². The third-order valence-corrected chi connectivity index (χ3v) is 2.43. The fourth-order valence-electron chi connectivity index (χ4n) is 1.72. The normalized spacial score (nSPS) is 14.1. The highest BCUT2D eigenvalue weighted by molar-refractivity contribution is 5.56. The lowest BCUT2D eigenvalue weighted by Crippen LogP contribution is -2.30. The summed E-state index contributed by atoms with van der Waals surface area (Å²) >= 11 is 0. The van der Waals surface area contributed by atoms with E-state index in [1.165, 1.54) is 13.2 Å². The summed E-state index contributed by atoms with van der Waals surface area (Å²) in [6, 6.07) is 1.47. The van der Waals surface area contributed by atoms with E-state index < -0.39 is 11.4 Å². The highest BCUT2D eigenvalue weighted by atomic mass is 19.1. The van der Waals surface area contributed by atoms with Crippen LogP contribution in [0.25, 0.3) is 0 Å². The number of rotatable bonds is 2. The number of methoxy groups -OCH3 is 1. The Morgan fingerprint density at radius 3 is 2.69 bits per heavy atom. The van der Waals surface area contributed by atoms with Crippen molar-refractivity contribution in [3.05, 3.63) is 17.4 Å². The molecule has 0 aliphatic carbocycles. The lowest BCUT2D eigenvalue weighted by Gasteiger charge is -2.22. The van der Waals surface area contributed by atoms with Crippen LogP contribution in [0.15, 0.2) is 6.07 Å². The van der Waals surface area contributed by atoms with Crippen molar-refractivity contribution in [2.45, 2.75) is 19.4 Å². The maximum absolute atomic E-state index is 14.1. The van der Waals surface area contributed by atoms with Crippen LogP contribution in [0, 0.1) is 5.82 Å². The zero-order valence-electron chi connectivity index (χ0n) is 9.46. The molecule has 0 atom stereocenters. The van der Waals surface area contributed by atoms with Gasteiger partial charge in [-0.2, -0.15) is 0 Å². The number of nitrogens with two attached hydrogens (primary N) is 1. The lowest BCUT2D eigenvalue weighted by atomic mass is 9.93. The average molecular weight is 227 g/mol. The van der Waals surface area contributed by atoms with Gasteiger partial charge in [0.15, 0.2) is 23.1 Å². The van der Waals surface area contributed by atoms with Gasteiger partial charge in [-0.15, -0.1) is 0 Å². The number of halogens is 1. The molecule has 1 aliphatic rings. The van der Waals surface area contributed by atoms with Crippen LogP contribution in [0.2, 0.25) is 0 Å². The Balaban J connectivity index is 2.70. The standard InChI is InChI=1S/C11H14FNO3/c1-11(2,13)8-9(12)6(14-3)4-7-10(8)16-5-15-7/h4H,5,13H2,1-3H3. The molecule has 0 radical (unpaired) electrons. The maximum Gasteiger partial charge on any atom is 0.231 e. The van der Waals surface area contributed by atoms with Crippen molar-refractivity contribution in [3.63, 3.8) is 0 Å². The number of ether oxygens (including phenoxy) is 3. The van der Waals surface area contributed by atoms with Crippen LogP contribution in [0.3, 0.4) is 0 Å². The Morgan fingerprint density at radius 1 is 1.44 bits per heavy atom. The molecular weight excluding hydrogens is 213 g/mol. The summed E-state index contributed by atoms with van der Waals surface area (Å²) in [5.41, 5.74) is 5.34. The molecule has 88 valence electrons. The smallest absolute Gasteiger partial charge is 0.231 e. The molecule has 4 nitrogen and oxygen atoms in total. The summed E-state index contributed by atoms with van der Waals surface area (Å²) in [5, 5.41) is 0. The minimum Gasteiger partial charge on any atom is -0.494 e. The largest absolute Gasteiger partial charge is 0.494 e. The molecule has 0 spiro atoms. The van der Waals surface area contributed by atoms with Gasteiger partial charge in [-0.1, -0.05) is 0 Å². The van der Waals surface area contributed by atoms with Gasteiger partial charge in [-0.25, -0.2) is 4.39 Å². The van der Waals surface area contributed by atoms with E-state index in [1.54, 1.807) is 13.8 Å². The SMILES string of the molecule is COc1cc2c(c(C(C)(C)N)c1F)OCO2. The zero-order chi connectivity index (χ0) is 11.9. The molecule has 1 aliphatic heterocycles. The maximum atomic E-state index is 14.1. The van der Waals surface area contributed by atoms with Crippen molar-refractivity contribution < 1.29 is 18.6 Å². The molecule has 16 heavy (non-hydrogen) atoms. The number of hydrogen-bond acceptors (Lipinski definition) is 4. The summed E-state index contributed by atoms with van der Waals surface area (Å²) in [5.74, 6) is 0.439. The Hall–Kier alpha value is -1.49. The summed E-state index contributed by atoms with van der Waals surface area (Å²) < 4.78 is 29.5. The predicted molar refractivity (Wildman–Crippen MR) is 56.3 cm³/mol. The summed E-state index contributed by atoms with van der Waals surface area (Å²) in [6.45, 7) is 3.48. The van der Waals surface area contributed by atoms with Gasteiger partial charge in [0, 0.05) is 11.6 Å². The summed E-state index contributed by atoms with van der Waals surface area (Å²) in [7, 11) is 1.40. The molecule has 1 aromatic rings. The van der Waals surface area contributed by atoms with Crippen molar-refractivity contribution in [1.82, 2.24) is 0 Å². The van der Waals surface area contributed by atoms with Crippen LogP contribution in [0.1, 0.15) is 19.4 Å². The molecule has 0 unspecified atom stereocenters. The van der Waals surface area contributed by atoms with E-state index >= 15 is 0 Å². The van der Waals surface area contributed by atoms with Crippen molar-refractivity contribution >= 4 is 0 Å². The van der Waals surface area contributed by atoms with E-state index in [1.807, 2.05) is 0 Å². The van der Waals surface area contributed by atoms with Gasteiger partial charge in [-0.3, -0.25) is 0 Å². The predicted octanol–water partition coefficient (Wildman–Crippen LogP) is 1.76. The number of fused-ring (bicyclic) bond motifs is 1. The molecule has 0 amide bonds. The van der Waals surface area contributed by atoms with E-state index in [2.05, 4.69) is 0 Å². The Morgan fingerprint density at radius 2 is 2.12 bits per heavy atom. The number of hydrogen-bond donors (Lipinski definition) is 1. The molecule has 0 bridgehead atoms. The van der Waals surface area contributed by atoms with Crippen LogP contribution < -0.4 is 19.9 Å². The van der Waals surface area contributed by atoms with E-state index in [-0.39, 0.29) is 18.1 Å². The van der Waals surface area contributed by atoms with Gasteiger partial charge in [0.05, 0.1) is 12.7 Å². The van der Waals surface area contributed by atoms with Crippen LogP contribution in [0.4, 0.5) is 4.39 Å². The topological polar surface area (TPSA) is 53.7 Å². The highest BCUT2D eigenvalue weighted by Gasteiger charge is 2.32. The molecule has 0 saturated carbocycles. The highest BCUT2D eigenvalue weighted by Crippen LogP contribution is 2.45. The van der Waals surface area contributed by atoms with Gasteiger partial charge in [0.2, 0.25) is 6.79 Å². The van der Waals surface area contributed by atoms with Gasteiger partial charge >= 0.3 is 0 Å². The first-order chi connectivity index (χ1) is 7.45. The molecule has 2 rings (SSSR count). The van der Waals surface area contributed by atoms with Crippen molar-refractivity contribution in [1.29, 1.82) is 0 Å². The minimum atomic E-state index is -0.865. The Labute approximate surface area is 93.1 Å². The molecule has 0 saturated heterocycles. The monoisotopic (exact) mass is 227 g/mol. The summed E-state index contributed by atoms with van der Waals surface area (Å²) in [6.07, 6.45) is 0. The number of benzene rings is 1. The lowest BCUT2D eigenvalue weighted by molar-refractivity contribution is 0.172. The van der Waals surface area contributed by atoms with Crippen molar-refractivity contribution in [3.8, 4) is 17.2 Å². The molecule has 0 aromatic heterocycles. The van der Waals surface area contributed by atoms with Crippen LogP contribution >= 0.6 is 0 Å². The van der Waals surface area contributed by atoms with Gasteiger partial charge < -0.3 is 19.9 Å². The Bertz CT molecular complexity index is 425. The molecule has 0 fully saturated rings. The van der Waals surface area contributed by atoms with Crippen molar-refractivity contribution in [2.75, 3.05) is 13.9 Å². The van der Waals surface area contributed by atoms with Gasteiger partial charge in [0.25, 0.3) is 0 Å². The van der Waals surface area contributed by atoms with Crippen LogP contribution in [0.5, 0.6) is 17.2 Å². The molecule has 1 aromatic carbocycles. The van der Waals surface area contributed by atoms with Crippen molar-refractivity contribution in [2.24, 2.45) is 5.73 Å².